The summed E-state index contributed by atoms with van der Waals surface area (Å²) in [5.74, 6) is -2.33. The molecule has 3 fully saturated rings. The largest absolute Gasteiger partial charge is 0.394 e. The zero-order chi connectivity index (χ0) is 27.9. The van der Waals surface area contributed by atoms with E-state index in [1.165, 1.54) is 4.90 Å². The summed E-state index contributed by atoms with van der Waals surface area (Å²) < 4.78 is 8.17. The lowest BCUT2D eigenvalue weighted by Crippen LogP contribution is -2.58. The van der Waals surface area contributed by atoms with Crippen molar-refractivity contribution in [1.82, 2.24) is 29.7 Å². The number of likely N-dealkylation sites (tertiary alicyclic amines) is 1. The standard InChI is InChI=1S/C28H36N6O5/c1-5-14-31(4)25(36)22-21-12-13-28(39-21)23(22)26(37)34(18(7-3)16-35)24(28)27(38)32(15-6-2)17-33-20-11-9-8-10-19(20)29-30-33/h5-6,8-11,18,21-24,35H,1-2,7,12-17H2,3-4H3/t18-,21-,22+,23-,24?,28?/m0/s1. The fourth-order valence-corrected chi connectivity index (χ4v) is 6.73. The Morgan fingerprint density at radius 3 is 2.69 bits per heavy atom. The molecule has 5 rings (SSSR count). The molecule has 1 N–H and O–H groups in total. The van der Waals surface area contributed by atoms with Crippen LogP contribution in [-0.2, 0) is 25.8 Å². The van der Waals surface area contributed by atoms with Crippen molar-refractivity contribution in [3.05, 3.63) is 49.6 Å². The van der Waals surface area contributed by atoms with Crippen LogP contribution in [0.5, 0.6) is 0 Å². The monoisotopic (exact) mass is 536 g/mol. The van der Waals surface area contributed by atoms with Crippen LogP contribution in [0.3, 0.4) is 0 Å². The molecular weight excluding hydrogens is 500 g/mol. The van der Waals surface area contributed by atoms with Gasteiger partial charge in [-0.15, -0.1) is 18.3 Å². The van der Waals surface area contributed by atoms with E-state index in [9.17, 15) is 19.5 Å². The van der Waals surface area contributed by atoms with Crippen LogP contribution in [0.15, 0.2) is 49.6 Å². The lowest BCUT2D eigenvalue weighted by Gasteiger charge is -2.39. The number of para-hydroxylation sites is 1. The molecule has 1 aromatic carbocycles. The van der Waals surface area contributed by atoms with Crippen LogP contribution < -0.4 is 0 Å². The van der Waals surface area contributed by atoms with Crippen molar-refractivity contribution < 1.29 is 24.2 Å². The average Bonchev–Trinajstić information content (AvgIpc) is 3.68. The minimum absolute atomic E-state index is 0.0917. The molecule has 3 aliphatic rings. The van der Waals surface area contributed by atoms with Crippen molar-refractivity contribution in [2.45, 2.75) is 56.6 Å². The predicted octanol–water partition coefficient (Wildman–Crippen LogP) is 1.19. The first-order chi connectivity index (χ1) is 18.8. The number of amides is 3. The summed E-state index contributed by atoms with van der Waals surface area (Å²) in [6.45, 7) is 9.76. The molecule has 3 aliphatic heterocycles. The maximum absolute atomic E-state index is 14.5. The molecule has 3 amide bonds. The topological polar surface area (TPSA) is 121 Å². The Labute approximate surface area is 227 Å². The Morgan fingerprint density at radius 2 is 2.00 bits per heavy atom. The molecule has 11 heteroatoms. The third-order valence-corrected chi connectivity index (χ3v) is 8.50. The Bertz CT molecular complexity index is 1290. The zero-order valence-electron chi connectivity index (χ0n) is 22.5. The molecule has 11 nitrogen and oxygen atoms in total. The van der Waals surface area contributed by atoms with Gasteiger partial charge in [-0.05, 0) is 31.4 Å². The van der Waals surface area contributed by atoms with E-state index in [1.54, 1.807) is 33.7 Å². The van der Waals surface area contributed by atoms with E-state index in [2.05, 4.69) is 23.5 Å². The second kappa shape index (κ2) is 10.5. The quantitative estimate of drug-likeness (QED) is 0.428. The highest BCUT2D eigenvalue weighted by Crippen LogP contribution is 2.59. The molecule has 4 heterocycles. The molecule has 6 atom stereocenters. The van der Waals surface area contributed by atoms with Gasteiger partial charge in [-0.1, -0.05) is 36.4 Å². The first-order valence-electron chi connectivity index (χ1n) is 13.5. The number of hydrogen-bond acceptors (Lipinski definition) is 7. The van der Waals surface area contributed by atoms with Gasteiger partial charge in [0, 0.05) is 20.1 Å². The number of benzene rings is 1. The number of carbonyl (C=O) groups is 3. The Morgan fingerprint density at radius 1 is 1.26 bits per heavy atom. The van der Waals surface area contributed by atoms with Crippen LogP contribution in [0.1, 0.15) is 26.2 Å². The highest BCUT2D eigenvalue weighted by molar-refractivity contribution is 5.99. The highest BCUT2D eigenvalue weighted by atomic mass is 16.5. The summed E-state index contributed by atoms with van der Waals surface area (Å²) >= 11 is 0. The van der Waals surface area contributed by atoms with E-state index in [0.29, 0.717) is 31.3 Å². The van der Waals surface area contributed by atoms with Gasteiger partial charge < -0.3 is 24.5 Å². The van der Waals surface area contributed by atoms with Crippen LogP contribution in [0, 0.1) is 11.8 Å². The van der Waals surface area contributed by atoms with Gasteiger partial charge in [-0.25, -0.2) is 4.68 Å². The lowest BCUT2D eigenvalue weighted by molar-refractivity contribution is -0.152. The number of fused-ring (bicyclic) bond motifs is 2. The van der Waals surface area contributed by atoms with E-state index >= 15 is 0 Å². The fraction of sp³-hybridized carbons (Fsp3) is 0.536. The molecule has 3 saturated heterocycles. The van der Waals surface area contributed by atoms with Crippen molar-refractivity contribution in [3.63, 3.8) is 0 Å². The van der Waals surface area contributed by atoms with Crippen molar-refractivity contribution in [2.24, 2.45) is 11.8 Å². The molecule has 208 valence electrons. The molecular formula is C28H36N6O5. The van der Waals surface area contributed by atoms with Crippen LogP contribution in [0.2, 0.25) is 0 Å². The van der Waals surface area contributed by atoms with Gasteiger partial charge in [0.2, 0.25) is 17.7 Å². The van der Waals surface area contributed by atoms with E-state index < -0.39 is 35.6 Å². The number of likely N-dealkylation sites (N-methyl/N-ethyl adjacent to an activating group) is 1. The van der Waals surface area contributed by atoms with Gasteiger partial charge >= 0.3 is 0 Å². The lowest BCUT2D eigenvalue weighted by atomic mass is 9.70. The van der Waals surface area contributed by atoms with Gasteiger partial charge in [0.1, 0.15) is 23.8 Å². The van der Waals surface area contributed by atoms with Crippen molar-refractivity contribution in [2.75, 3.05) is 26.7 Å². The predicted molar refractivity (Wildman–Crippen MR) is 143 cm³/mol. The van der Waals surface area contributed by atoms with E-state index in [1.807, 2.05) is 31.2 Å². The molecule has 1 spiro atoms. The minimum Gasteiger partial charge on any atom is -0.394 e. The molecule has 2 bridgehead atoms. The van der Waals surface area contributed by atoms with E-state index in [4.69, 9.17) is 4.74 Å². The van der Waals surface area contributed by atoms with E-state index in [0.717, 1.165) is 5.52 Å². The molecule has 1 aromatic heterocycles. The number of ether oxygens (including phenoxy) is 1. The molecule has 39 heavy (non-hydrogen) atoms. The third-order valence-electron chi connectivity index (χ3n) is 8.50. The second-order valence-corrected chi connectivity index (χ2v) is 10.6. The molecule has 0 aliphatic carbocycles. The number of aliphatic hydroxyl groups is 1. The zero-order valence-corrected chi connectivity index (χ0v) is 22.5. The number of nitrogens with zero attached hydrogens (tertiary/aromatic N) is 6. The van der Waals surface area contributed by atoms with Crippen LogP contribution in [0.25, 0.3) is 11.0 Å². The second-order valence-electron chi connectivity index (χ2n) is 10.6. The Balaban J connectivity index is 1.54. The number of hydrogen-bond donors (Lipinski definition) is 1. The molecule has 2 aromatic rings. The summed E-state index contributed by atoms with van der Waals surface area (Å²) in [4.78, 5) is 46.8. The Hall–Kier alpha value is -3.57. The highest BCUT2D eigenvalue weighted by Gasteiger charge is 2.75. The van der Waals surface area contributed by atoms with Crippen molar-refractivity contribution in [3.8, 4) is 0 Å². The summed E-state index contributed by atoms with van der Waals surface area (Å²) in [6, 6.07) is 5.89. The number of aromatic nitrogens is 3. The first kappa shape index (κ1) is 27.0. The van der Waals surface area contributed by atoms with Gasteiger partial charge in [-0.3, -0.25) is 14.4 Å². The minimum atomic E-state index is -1.15. The molecule has 0 radical (unpaired) electrons. The van der Waals surface area contributed by atoms with Gasteiger partial charge in [0.15, 0.2) is 0 Å². The smallest absolute Gasteiger partial charge is 0.250 e. The fourth-order valence-electron chi connectivity index (χ4n) is 6.73. The normalized spacial score (nSPS) is 28.0. The first-order valence-corrected chi connectivity index (χ1v) is 13.5. The Kier molecular flexibility index (Phi) is 7.30. The molecule has 2 unspecified atom stereocenters. The average molecular weight is 537 g/mol. The van der Waals surface area contributed by atoms with Crippen LogP contribution in [0.4, 0.5) is 0 Å². The summed E-state index contributed by atoms with van der Waals surface area (Å²) in [7, 11) is 1.68. The molecule has 0 saturated carbocycles. The summed E-state index contributed by atoms with van der Waals surface area (Å²) in [5, 5.41) is 18.7. The maximum Gasteiger partial charge on any atom is 0.250 e. The van der Waals surface area contributed by atoms with Crippen molar-refractivity contribution in [1.29, 1.82) is 0 Å². The van der Waals surface area contributed by atoms with Gasteiger partial charge in [0.25, 0.3) is 0 Å². The number of carbonyl (C=O) groups excluding carboxylic acids is 3. The summed E-state index contributed by atoms with van der Waals surface area (Å²) in [5.41, 5.74) is 0.320. The van der Waals surface area contributed by atoms with Gasteiger partial charge in [0.05, 0.1) is 36.1 Å². The van der Waals surface area contributed by atoms with Crippen LogP contribution >= 0.6 is 0 Å². The van der Waals surface area contributed by atoms with E-state index in [-0.39, 0.29) is 37.5 Å². The summed E-state index contributed by atoms with van der Waals surface area (Å²) in [6.07, 6.45) is 4.31. The number of rotatable bonds is 11. The SMILES string of the molecule is C=CCN(C)C(=O)[C@@H]1[C@@H]2CCC3(O2)C(C(=O)N(CC=C)Cn2nnc4ccccc42)N([C@@H](CC)CO)C(=O)[C@H]13. The maximum atomic E-state index is 14.5. The number of aliphatic hydroxyl groups excluding tert-OH is 1. The van der Waals surface area contributed by atoms with Gasteiger partial charge in [-0.2, -0.15) is 0 Å². The van der Waals surface area contributed by atoms with Crippen molar-refractivity contribution >= 4 is 28.8 Å². The van der Waals surface area contributed by atoms with Crippen LogP contribution in [-0.4, -0.2) is 103 Å². The third kappa shape index (κ3) is 4.15.